The summed E-state index contributed by atoms with van der Waals surface area (Å²) in [5, 5.41) is 43.8. The summed E-state index contributed by atoms with van der Waals surface area (Å²) in [6, 6.07) is 101. The predicted octanol–water partition coefficient (Wildman–Crippen LogP) is 18.3. The van der Waals surface area contributed by atoms with Crippen LogP contribution < -0.4 is 9.80 Å². The minimum Gasteiger partial charge on any atom is -0.310 e. The number of para-hydroxylation sites is 4. The van der Waals surface area contributed by atoms with Crippen LogP contribution >= 0.6 is 0 Å². The highest BCUT2D eigenvalue weighted by Crippen LogP contribution is 2.44. The van der Waals surface area contributed by atoms with E-state index in [-0.39, 0.29) is 17.0 Å². The van der Waals surface area contributed by atoms with Gasteiger partial charge in [0.2, 0.25) is 0 Å². The maximum atomic E-state index is 10.8. The number of fused-ring (bicyclic) bond motifs is 3. The molecule has 0 spiro atoms. The van der Waals surface area contributed by atoms with E-state index in [2.05, 4.69) is 209 Å². The smallest absolute Gasteiger partial charge is 0.161 e. The van der Waals surface area contributed by atoms with E-state index in [9.17, 15) is 21.0 Å². The molecule has 9 nitrogen and oxygen atoms in total. The zero-order chi connectivity index (χ0) is 56.2. The third-order valence-electron chi connectivity index (χ3n) is 15.0. The molecule has 386 valence electrons. The van der Waals surface area contributed by atoms with E-state index >= 15 is 0 Å². The van der Waals surface area contributed by atoms with E-state index in [0.29, 0.717) is 44.8 Å². The number of anilines is 6. The average Bonchev–Trinajstić information content (AvgIpc) is 4.15. The van der Waals surface area contributed by atoms with E-state index in [1.165, 1.54) is 0 Å². The summed E-state index contributed by atoms with van der Waals surface area (Å²) in [6.07, 6.45) is 0. The molecule has 83 heavy (non-hydrogen) atoms. The number of aromatic nitrogens is 3. The second-order valence-corrected chi connectivity index (χ2v) is 19.8. The van der Waals surface area contributed by atoms with Gasteiger partial charge in [0.25, 0.3) is 0 Å². The summed E-state index contributed by atoms with van der Waals surface area (Å²) < 4.78 is 2.35. The van der Waals surface area contributed by atoms with Crippen molar-refractivity contribution in [1.82, 2.24) is 14.5 Å². The number of hydrogen-bond acceptors (Lipinski definition) is 8. The van der Waals surface area contributed by atoms with Crippen molar-refractivity contribution >= 4 is 55.9 Å². The highest BCUT2D eigenvalue weighted by Gasteiger charge is 2.23. The zero-order valence-electron chi connectivity index (χ0n) is 44.5. The normalized spacial score (nSPS) is 10.8. The maximum Gasteiger partial charge on any atom is 0.161 e. The van der Waals surface area contributed by atoms with Crippen LogP contribution in [0.4, 0.5) is 34.1 Å². The molecule has 2 aromatic heterocycles. The molecule has 13 rings (SSSR count). The van der Waals surface area contributed by atoms with Gasteiger partial charge in [0.1, 0.15) is 0 Å². The molecule has 0 bridgehead atoms. The van der Waals surface area contributed by atoms with E-state index < -0.39 is 0 Å². The van der Waals surface area contributed by atoms with Crippen molar-refractivity contribution < 1.29 is 0 Å². The lowest BCUT2D eigenvalue weighted by Crippen LogP contribution is -2.09. The highest BCUT2D eigenvalue weighted by molar-refractivity contribution is 6.12. The fourth-order valence-corrected chi connectivity index (χ4v) is 11.1. The molecule has 0 aliphatic rings. The molecule has 0 atom stereocenters. The molecule has 0 N–H and O–H groups in total. The first-order valence-corrected chi connectivity index (χ1v) is 26.9. The Balaban J connectivity index is 0.875. The lowest BCUT2D eigenvalue weighted by atomic mass is 9.92. The molecule has 0 saturated heterocycles. The van der Waals surface area contributed by atoms with Gasteiger partial charge < -0.3 is 14.4 Å². The van der Waals surface area contributed by atoms with Crippen LogP contribution in [0, 0.1) is 45.3 Å². The Morgan fingerprint density at radius 3 is 1.12 bits per heavy atom. The molecule has 9 heteroatoms. The van der Waals surface area contributed by atoms with Crippen molar-refractivity contribution in [2.24, 2.45) is 0 Å². The first kappa shape index (κ1) is 50.4. The Hall–Kier alpha value is -12.1. The topological polar surface area (TPSA) is 132 Å². The van der Waals surface area contributed by atoms with Gasteiger partial charge in [-0.05, 0) is 156 Å². The van der Waals surface area contributed by atoms with Crippen LogP contribution in [-0.4, -0.2) is 14.5 Å². The third-order valence-corrected chi connectivity index (χ3v) is 15.0. The Labute approximate surface area is 480 Å². The standard InChI is InChI=1S/C74H45N9/c75-46-53-17-13-15-27-65(53)69-45-70(80-74(79-69)66-28-16-14-18-54(66)47-76)73-56(48-77)41-55(42-57(73)49-78)52-31-29-50(30-32-52)51-33-35-62(36-34-51)83-71-39-37-63(81(58-19-5-1-6-20-58)59-21-7-2-8-22-59)43-67(71)68-44-64(38-40-72(68)83)82(60-23-9-3-10-24-60)61-25-11-4-12-26-61/h1-45H. The molecular formula is C74H45N9. The Morgan fingerprint density at radius 2 is 0.675 bits per heavy atom. The summed E-state index contributed by atoms with van der Waals surface area (Å²) in [4.78, 5) is 14.3. The lowest BCUT2D eigenvalue weighted by molar-refractivity contribution is 1.17. The first-order valence-electron chi connectivity index (χ1n) is 26.9. The Kier molecular flexibility index (Phi) is 13.3. The minimum absolute atomic E-state index is 0.227. The van der Waals surface area contributed by atoms with Crippen molar-refractivity contribution in [2.75, 3.05) is 9.80 Å². The zero-order valence-corrected chi connectivity index (χ0v) is 44.5. The molecule has 0 saturated carbocycles. The third kappa shape index (κ3) is 9.52. The van der Waals surface area contributed by atoms with E-state index in [4.69, 9.17) is 9.97 Å². The molecule has 0 unspecified atom stereocenters. The van der Waals surface area contributed by atoms with Gasteiger partial charge in [-0.25, -0.2) is 9.97 Å². The van der Waals surface area contributed by atoms with Crippen LogP contribution in [0.2, 0.25) is 0 Å². The van der Waals surface area contributed by atoms with Gasteiger partial charge in [0.05, 0.1) is 69.0 Å². The van der Waals surface area contributed by atoms with Gasteiger partial charge in [-0.2, -0.15) is 21.0 Å². The van der Waals surface area contributed by atoms with Crippen LogP contribution in [0.5, 0.6) is 0 Å². The Bertz CT molecular complexity index is 4430. The minimum atomic E-state index is 0.227. The Morgan fingerprint density at radius 1 is 0.301 bits per heavy atom. The van der Waals surface area contributed by atoms with Crippen LogP contribution in [0.1, 0.15) is 22.3 Å². The van der Waals surface area contributed by atoms with Crippen LogP contribution in [-0.2, 0) is 0 Å². The molecule has 13 aromatic rings. The molecule has 2 heterocycles. The summed E-state index contributed by atoms with van der Waals surface area (Å²) in [6.45, 7) is 0. The molecule has 0 radical (unpaired) electrons. The van der Waals surface area contributed by atoms with Crippen LogP contribution in [0.25, 0.3) is 83.6 Å². The van der Waals surface area contributed by atoms with Crippen LogP contribution in [0.15, 0.2) is 273 Å². The van der Waals surface area contributed by atoms with Crippen molar-refractivity contribution in [3.63, 3.8) is 0 Å². The quantitative estimate of drug-likeness (QED) is 0.118. The van der Waals surface area contributed by atoms with Gasteiger partial charge in [0, 0.05) is 67.3 Å². The fourth-order valence-electron chi connectivity index (χ4n) is 11.1. The van der Waals surface area contributed by atoms with Gasteiger partial charge in [-0.1, -0.05) is 140 Å². The predicted molar refractivity (Wildman–Crippen MR) is 332 cm³/mol. The summed E-state index contributed by atoms with van der Waals surface area (Å²) in [7, 11) is 0. The second-order valence-electron chi connectivity index (χ2n) is 19.8. The molecule has 0 aliphatic heterocycles. The van der Waals surface area contributed by atoms with Crippen LogP contribution in [0.3, 0.4) is 0 Å². The van der Waals surface area contributed by atoms with Gasteiger partial charge in [-0.15, -0.1) is 0 Å². The average molecular weight is 1060 g/mol. The highest BCUT2D eigenvalue weighted by atomic mass is 15.1. The molecule has 11 aromatic carbocycles. The van der Waals surface area contributed by atoms with Gasteiger partial charge in [0.15, 0.2) is 5.82 Å². The number of hydrogen-bond donors (Lipinski definition) is 0. The summed E-state index contributed by atoms with van der Waals surface area (Å²) in [5.41, 5.74) is 16.3. The molecule has 0 fully saturated rings. The lowest BCUT2D eigenvalue weighted by Gasteiger charge is -2.26. The van der Waals surface area contributed by atoms with Gasteiger partial charge in [-0.3, -0.25) is 0 Å². The largest absolute Gasteiger partial charge is 0.310 e. The van der Waals surface area contributed by atoms with E-state index in [1.54, 1.807) is 60.7 Å². The summed E-state index contributed by atoms with van der Waals surface area (Å²) in [5.74, 6) is 0.227. The fraction of sp³-hybridized carbons (Fsp3) is 0. The van der Waals surface area contributed by atoms with Crippen molar-refractivity contribution in [3.05, 3.63) is 295 Å². The van der Waals surface area contributed by atoms with Crippen molar-refractivity contribution in [3.8, 4) is 86.1 Å². The summed E-state index contributed by atoms with van der Waals surface area (Å²) >= 11 is 0. The number of benzene rings is 11. The second kappa shape index (κ2) is 21.9. The molecular weight excluding hydrogens is 1010 g/mol. The van der Waals surface area contributed by atoms with Crippen molar-refractivity contribution in [1.29, 1.82) is 21.0 Å². The van der Waals surface area contributed by atoms with E-state index in [1.807, 2.05) is 42.5 Å². The number of nitrogens with zero attached hydrogens (tertiary/aromatic N) is 9. The number of rotatable bonds is 12. The van der Waals surface area contributed by atoms with Gasteiger partial charge >= 0.3 is 0 Å². The van der Waals surface area contributed by atoms with E-state index in [0.717, 1.165) is 78.3 Å². The van der Waals surface area contributed by atoms with Crippen molar-refractivity contribution in [2.45, 2.75) is 0 Å². The maximum absolute atomic E-state index is 10.8. The molecule has 0 aliphatic carbocycles. The monoisotopic (exact) mass is 1060 g/mol. The SMILES string of the molecule is N#Cc1ccccc1-c1cc(-c2c(C#N)cc(-c3ccc(-c4ccc(-n5c6ccc(N(c7ccccc7)c7ccccc7)cc6c6cc(N(c7ccccc7)c7ccccc7)ccc65)cc4)cc3)cc2C#N)nc(-c2ccccc2C#N)n1. The first-order chi connectivity index (χ1) is 41.0. The number of nitriles is 4. The molecule has 0 amide bonds.